The Bertz CT molecular complexity index is 521. The summed E-state index contributed by atoms with van der Waals surface area (Å²) in [7, 11) is 0. The fraction of sp³-hybridized carbons (Fsp3) is 0.385. The topological polar surface area (TPSA) is 42.7 Å². The number of nitrogens with one attached hydrogen (secondary N) is 1. The highest BCUT2D eigenvalue weighted by molar-refractivity contribution is 5.40. The van der Waals surface area contributed by atoms with E-state index in [9.17, 15) is 4.39 Å². The maximum Gasteiger partial charge on any atom is 0.214 e. The van der Waals surface area contributed by atoms with E-state index in [2.05, 4.69) is 21.5 Å². The lowest BCUT2D eigenvalue weighted by Crippen LogP contribution is -2.09. The van der Waals surface area contributed by atoms with E-state index in [1.807, 2.05) is 18.5 Å². The quantitative estimate of drug-likeness (QED) is 0.653. The van der Waals surface area contributed by atoms with Crippen LogP contribution in [-0.4, -0.2) is 21.3 Å². The van der Waals surface area contributed by atoms with Crippen molar-refractivity contribution >= 4 is 5.69 Å². The molecule has 0 radical (unpaired) electrons. The van der Waals surface area contributed by atoms with E-state index in [1.54, 1.807) is 6.07 Å². The highest BCUT2D eigenvalue weighted by Gasteiger charge is 2.00. The maximum absolute atomic E-state index is 12.8. The Labute approximate surface area is 106 Å². The van der Waals surface area contributed by atoms with Crippen molar-refractivity contribution in [3.05, 3.63) is 41.7 Å². The lowest BCUT2D eigenvalue weighted by atomic mass is 10.3. The first-order chi connectivity index (χ1) is 8.65. The second-order valence-corrected chi connectivity index (χ2v) is 4.30. The van der Waals surface area contributed by atoms with Crippen LogP contribution in [0.25, 0.3) is 0 Å². The number of nitrogens with zero attached hydrogens (tertiary/aromatic N) is 3. The predicted octanol–water partition coefficient (Wildman–Crippen LogP) is 2.54. The summed E-state index contributed by atoms with van der Waals surface area (Å²) >= 11 is 0. The highest BCUT2D eigenvalue weighted by Crippen LogP contribution is 2.07. The van der Waals surface area contributed by atoms with Crippen LogP contribution in [0.1, 0.15) is 17.8 Å². The van der Waals surface area contributed by atoms with E-state index < -0.39 is 5.95 Å². The minimum absolute atomic E-state index is 0.460. The molecule has 0 saturated carbocycles. The van der Waals surface area contributed by atoms with Gasteiger partial charge in [0.2, 0.25) is 5.95 Å². The van der Waals surface area contributed by atoms with E-state index in [0.29, 0.717) is 0 Å². The van der Waals surface area contributed by atoms with E-state index in [-0.39, 0.29) is 0 Å². The Morgan fingerprint density at radius 3 is 2.83 bits per heavy atom. The van der Waals surface area contributed by atoms with Gasteiger partial charge in [-0.05, 0) is 32.4 Å². The smallest absolute Gasteiger partial charge is 0.214 e. The Balaban J connectivity index is 1.78. The van der Waals surface area contributed by atoms with Gasteiger partial charge in [-0.25, -0.2) is 4.98 Å². The zero-order valence-corrected chi connectivity index (χ0v) is 10.7. The van der Waals surface area contributed by atoms with Crippen LogP contribution in [0, 0.1) is 19.8 Å². The van der Waals surface area contributed by atoms with Gasteiger partial charge in [-0.15, -0.1) is 0 Å². The Kier molecular flexibility index (Phi) is 3.92. The predicted molar refractivity (Wildman–Crippen MR) is 69.0 cm³/mol. The van der Waals surface area contributed by atoms with Crippen LogP contribution in [0.5, 0.6) is 0 Å². The number of hydrogen-bond donors (Lipinski definition) is 1. The van der Waals surface area contributed by atoms with Crippen LogP contribution in [0.2, 0.25) is 0 Å². The minimum atomic E-state index is -0.460. The zero-order valence-electron chi connectivity index (χ0n) is 10.7. The highest BCUT2D eigenvalue weighted by atomic mass is 19.1. The van der Waals surface area contributed by atoms with Crippen molar-refractivity contribution in [1.29, 1.82) is 0 Å². The number of hydrogen-bond acceptors (Lipinski definition) is 3. The average Bonchev–Trinajstić information content (AvgIpc) is 2.64. The third-order valence-electron chi connectivity index (χ3n) is 2.71. The van der Waals surface area contributed by atoms with Gasteiger partial charge in [0.1, 0.15) is 0 Å². The molecule has 0 spiro atoms. The zero-order chi connectivity index (χ0) is 13.0. The van der Waals surface area contributed by atoms with Crippen molar-refractivity contribution in [2.24, 2.45) is 0 Å². The lowest BCUT2D eigenvalue weighted by Gasteiger charge is -2.07. The summed E-state index contributed by atoms with van der Waals surface area (Å²) in [6, 6.07) is 5.21. The number of aromatic nitrogens is 3. The molecule has 1 N–H and O–H groups in total. The summed E-state index contributed by atoms with van der Waals surface area (Å²) in [5.74, 6) is -0.460. The molecular formula is C13H17FN4. The molecule has 0 aromatic carbocycles. The summed E-state index contributed by atoms with van der Waals surface area (Å²) in [6.45, 7) is 5.68. The standard InChI is InChI=1S/C13H17FN4/c1-10-8-11(2)18(17-10)7-3-5-15-12-4-6-16-13(14)9-12/h4,6,8-9H,3,5,7H2,1-2H3,(H,15,16). The van der Waals surface area contributed by atoms with Gasteiger partial charge >= 0.3 is 0 Å². The number of halogens is 1. The molecule has 0 amide bonds. The van der Waals surface area contributed by atoms with Gasteiger partial charge < -0.3 is 5.32 Å². The van der Waals surface area contributed by atoms with Crippen molar-refractivity contribution in [3.63, 3.8) is 0 Å². The molecule has 2 aromatic rings. The van der Waals surface area contributed by atoms with E-state index in [1.165, 1.54) is 18.0 Å². The fourth-order valence-corrected chi connectivity index (χ4v) is 1.88. The molecule has 0 aliphatic heterocycles. The first kappa shape index (κ1) is 12.5. The van der Waals surface area contributed by atoms with E-state index >= 15 is 0 Å². The normalized spacial score (nSPS) is 10.6. The van der Waals surface area contributed by atoms with Crippen molar-refractivity contribution in [1.82, 2.24) is 14.8 Å². The van der Waals surface area contributed by atoms with Crippen molar-refractivity contribution in [2.45, 2.75) is 26.8 Å². The van der Waals surface area contributed by atoms with Crippen LogP contribution < -0.4 is 5.32 Å². The molecule has 0 atom stereocenters. The molecule has 96 valence electrons. The van der Waals surface area contributed by atoms with Gasteiger partial charge in [-0.3, -0.25) is 4.68 Å². The summed E-state index contributed by atoms with van der Waals surface area (Å²) in [6.07, 6.45) is 2.39. The van der Waals surface area contributed by atoms with E-state index in [0.717, 1.165) is 30.9 Å². The largest absolute Gasteiger partial charge is 0.385 e. The number of rotatable bonds is 5. The second kappa shape index (κ2) is 5.62. The fourth-order valence-electron chi connectivity index (χ4n) is 1.88. The first-order valence-corrected chi connectivity index (χ1v) is 6.01. The molecular weight excluding hydrogens is 231 g/mol. The Hall–Kier alpha value is -1.91. The SMILES string of the molecule is Cc1cc(C)n(CCCNc2ccnc(F)c2)n1. The second-order valence-electron chi connectivity index (χ2n) is 4.30. The lowest BCUT2D eigenvalue weighted by molar-refractivity contribution is 0.572. The summed E-state index contributed by atoms with van der Waals surface area (Å²) < 4.78 is 14.8. The van der Waals surface area contributed by atoms with Gasteiger partial charge in [0.15, 0.2) is 0 Å². The molecule has 18 heavy (non-hydrogen) atoms. The number of aryl methyl sites for hydroxylation is 3. The molecule has 0 saturated heterocycles. The molecule has 2 aromatic heterocycles. The van der Waals surface area contributed by atoms with Gasteiger partial charge in [-0.2, -0.15) is 9.49 Å². The van der Waals surface area contributed by atoms with Crippen molar-refractivity contribution < 1.29 is 4.39 Å². The summed E-state index contributed by atoms with van der Waals surface area (Å²) in [5, 5.41) is 7.55. The van der Waals surface area contributed by atoms with Gasteiger partial charge in [-0.1, -0.05) is 0 Å². The van der Waals surface area contributed by atoms with Gasteiger partial charge in [0, 0.05) is 36.7 Å². The molecule has 5 heteroatoms. The summed E-state index contributed by atoms with van der Waals surface area (Å²) in [5.41, 5.74) is 2.97. The van der Waals surface area contributed by atoms with Crippen LogP contribution in [-0.2, 0) is 6.54 Å². The monoisotopic (exact) mass is 248 g/mol. The van der Waals surface area contributed by atoms with Gasteiger partial charge in [0.05, 0.1) is 5.69 Å². The third kappa shape index (κ3) is 3.29. The average molecular weight is 248 g/mol. The van der Waals surface area contributed by atoms with Crippen LogP contribution in [0.15, 0.2) is 24.4 Å². The summed E-state index contributed by atoms with van der Waals surface area (Å²) in [4.78, 5) is 3.51. The van der Waals surface area contributed by atoms with E-state index in [4.69, 9.17) is 0 Å². The molecule has 2 rings (SSSR count). The molecule has 0 bridgehead atoms. The molecule has 0 aliphatic carbocycles. The van der Waals surface area contributed by atoms with Crippen LogP contribution in [0.3, 0.4) is 0 Å². The Morgan fingerprint density at radius 2 is 2.17 bits per heavy atom. The van der Waals surface area contributed by atoms with Crippen LogP contribution >= 0.6 is 0 Å². The van der Waals surface area contributed by atoms with Gasteiger partial charge in [0.25, 0.3) is 0 Å². The first-order valence-electron chi connectivity index (χ1n) is 6.01. The molecule has 0 fully saturated rings. The third-order valence-corrected chi connectivity index (χ3v) is 2.71. The Morgan fingerprint density at radius 1 is 1.33 bits per heavy atom. The minimum Gasteiger partial charge on any atom is -0.385 e. The maximum atomic E-state index is 12.8. The molecule has 4 nitrogen and oxygen atoms in total. The van der Waals surface area contributed by atoms with Crippen LogP contribution in [0.4, 0.5) is 10.1 Å². The number of pyridine rings is 1. The number of anilines is 1. The molecule has 0 aliphatic rings. The van der Waals surface area contributed by atoms with Crippen molar-refractivity contribution in [3.8, 4) is 0 Å². The van der Waals surface area contributed by atoms with Crippen molar-refractivity contribution in [2.75, 3.05) is 11.9 Å². The molecule has 2 heterocycles. The molecule has 0 unspecified atom stereocenters.